The van der Waals surface area contributed by atoms with Crippen LogP contribution in [0.1, 0.15) is 31.9 Å². The van der Waals surface area contributed by atoms with E-state index in [1.165, 1.54) is 22.8 Å². The molecule has 23 heavy (non-hydrogen) atoms. The number of benzene rings is 2. The summed E-state index contributed by atoms with van der Waals surface area (Å²) >= 11 is 0. The van der Waals surface area contributed by atoms with Crippen molar-refractivity contribution >= 4 is 35.6 Å². The van der Waals surface area contributed by atoms with E-state index in [1.807, 2.05) is 0 Å². The quantitative estimate of drug-likeness (QED) is 0.857. The Morgan fingerprint density at radius 2 is 1.61 bits per heavy atom. The third-order valence-electron chi connectivity index (χ3n) is 4.47. The van der Waals surface area contributed by atoms with Crippen molar-refractivity contribution in [3.05, 3.63) is 48.0 Å². The zero-order valence-corrected chi connectivity index (χ0v) is 15.6. The van der Waals surface area contributed by atoms with Gasteiger partial charge in [0.25, 0.3) is 0 Å². The van der Waals surface area contributed by atoms with E-state index in [-0.39, 0.29) is 24.8 Å². The Balaban J connectivity index is 0.00000132. The van der Waals surface area contributed by atoms with E-state index < -0.39 is 0 Å². The second kappa shape index (κ2) is 9.48. The molecule has 0 aromatic heterocycles. The summed E-state index contributed by atoms with van der Waals surface area (Å²) in [6.07, 6.45) is 1.23. The van der Waals surface area contributed by atoms with E-state index in [1.54, 1.807) is 0 Å². The molecule has 0 spiro atoms. The summed E-state index contributed by atoms with van der Waals surface area (Å²) in [6, 6.07) is 16.1. The summed E-state index contributed by atoms with van der Waals surface area (Å²) in [4.78, 5) is 2.66. The Hall–Kier alpha value is -0.800. The van der Waals surface area contributed by atoms with Crippen molar-refractivity contribution in [3.8, 4) is 0 Å². The number of nitrogens with one attached hydrogen (secondary N) is 1. The molecule has 1 aliphatic heterocycles. The average molecular weight is 355 g/mol. The van der Waals surface area contributed by atoms with Crippen molar-refractivity contribution in [2.75, 3.05) is 26.2 Å². The van der Waals surface area contributed by atoms with Crippen LogP contribution in [0.3, 0.4) is 0 Å². The molecule has 1 saturated heterocycles. The van der Waals surface area contributed by atoms with E-state index in [2.05, 4.69) is 66.5 Å². The molecule has 128 valence electrons. The fraction of sp³-hybridized carbons (Fsp3) is 0.474. The lowest BCUT2D eigenvalue weighted by Crippen LogP contribution is -2.45. The van der Waals surface area contributed by atoms with Gasteiger partial charge in [-0.25, -0.2) is 0 Å². The van der Waals surface area contributed by atoms with Crippen LogP contribution in [0.25, 0.3) is 10.8 Å². The molecule has 2 aromatic rings. The van der Waals surface area contributed by atoms with Gasteiger partial charge in [-0.15, -0.1) is 24.8 Å². The molecule has 0 bridgehead atoms. The first-order valence-electron chi connectivity index (χ1n) is 8.18. The zero-order valence-electron chi connectivity index (χ0n) is 14.0. The number of hydrogen-bond donors (Lipinski definition) is 1. The Labute approximate surface area is 152 Å². The van der Waals surface area contributed by atoms with Crippen LogP contribution in [0, 0.1) is 5.92 Å². The van der Waals surface area contributed by atoms with Crippen LogP contribution in [0.5, 0.6) is 0 Å². The largest absolute Gasteiger partial charge is 0.314 e. The molecular formula is C19H28Cl2N2. The first-order chi connectivity index (χ1) is 10.3. The second-order valence-electron chi connectivity index (χ2n) is 6.50. The van der Waals surface area contributed by atoms with Crippen LogP contribution in [0.2, 0.25) is 0 Å². The second-order valence-corrected chi connectivity index (χ2v) is 6.50. The maximum Gasteiger partial charge on any atom is 0.0357 e. The highest BCUT2D eigenvalue weighted by Gasteiger charge is 2.24. The van der Waals surface area contributed by atoms with Gasteiger partial charge in [0.15, 0.2) is 0 Å². The van der Waals surface area contributed by atoms with Gasteiger partial charge in [0.1, 0.15) is 0 Å². The highest BCUT2D eigenvalue weighted by molar-refractivity contribution is 5.86. The summed E-state index contributed by atoms with van der Waals surface area (Å²) in [5.74, 6) is 0.712. The highest BCUT2D eigenvalue weighted by atomic mass is 35.5. The molecule has 0 saturated carbocycles. The van der Waals surface area contributed by atoms with Crippen molar-refractivity contribution in [2.24, 2.45) is 5.92 Å². The summed E-state index contributed by atoms with van der Waals surface area (Å²) < 4.78 is 0. The normalized spacial score (nSPS) is 16.7. The lowest BCUT2D eigenvalue weighted by molar-refractivity contribution is 0.155. The van der Waals surface area contributed by atoms with E-state index in [0.29, 0.717) is 12.0 Å². The van der Waals surface area contributed by atoms with E-state index >= 15 is 0 Å². The van der Waals surface area contributed by atoms with E-state index in [9.17, 15) is 0 Å². The molecule has 1 aliphatic rings. The minimum absolute atomic E-state index is 0. The van der Waals surface area contributed by atoms with Crippen molar-refractivity contribution in [2.45, 2.75) is 26.3 Å². The fourth-order valence-electron chi connectivity index (χ4n) is 3.45. The first-order valence-corrected chi connectivity index (χ1v) is 8.18. The number of hydrogen-bond acceptors (Lipinski definition) is 2. The topological polar surface area (TPSA) is 15.3 Å². The molecule has 1 heterocycles. The molecule has 4 heteroatoms. The van der Waals surface area contributed by atoms with Crippen molar-refractivity contribution in [3.63, 3.8) is 0 Å². The van der Waals surface area contributed by atoms with Crippen molar-refractivity contribution in [1.82, 2.24) is 10.2 Å². The van der Waals surface area contributed by atoms with Crippen LogP contribution >= 0.6 is 24.8 Å². The van der Waals surface area contributed by atoms with Gasteiger partial charge in [-0.1, -0.05) is 56.3 Å². The number of fused-ring (bicyclic) bond motifs is 1. The Morgan fingerprint density at radius 3 is 2.30 bits per heavy atom. The Morgan fingerprint density at radius 1 is 0.957 bits per heavy atom. The zero-order chi connectivity index (χ0) is 14.7. The number of halogens is 2. The monoisotopic (exact) mass is 354 g/mol. The summed E-state index contributed by atoms with van der Waals surface area (Å²) in [7, 11) is 0. The standard InChI is InChI=1S/C19H26N2.2ClH/c1-15(2)14-19(21-12-10-20-11-13-21)18-9-5-7-16-6-3-4-8-17(16)18;;/h3-9,15,19-20H,10-14H2,1-2H3;2*1H/t19-;;/m0../s1. The van der Waals surface area contributed by atoms with Gasteiger partial charge in [-0.2, -0.15) is 0 Å². The lowest BCUT2D eigenvalue weighted by atomic mass is 9.91. The van der Waals surface area contributed by atoms with Crippen LogP contribution in [-0.2, 0) is 0 Å². The minimum atomic E-state index is 0. The van der Waals surface area contributed by atoms with Gasteiger partial charge in [0.2, 0.25) is 0 Å². The molecule has 1 atom stereocenters. The van der Waals surface area contributed by atoms with E-state index in [0.717, 1.165) is 26.2 Å². The first kappa shape index (κ1) is 20.2. The predicted octanol–water partition coefficient (Wildman–Crippen LogP) is 4.68. The highest BCUT2D eigenvalue weighted by Crippen LogP contribution is 2.33. The van der Waals surface area contributed by atoms with E-state index in [4.69, 9.17) is 0 Å². The van der Waals surface area contributed by atoms with Crippen molar-refractivity contribution < 1.29 is 0 Å². The van der Waals surface area contributed by atoms with Gasteiger partial charge in [0, 0.05) is 32.2 Å². The van der Waals surface area contributed by atoms with Gasteiger partial charge in [-0.3, -0.25) is 4.90 Å². The number of piperazine rings is 1. The summed E-state index contributed by atoms with van der Waals surface area (Å²) in [6.45, 7) is 9.20. The average Bonchev–Trinajstić information content (AvgIpc) is 2.53. The summed E-state index contributed by atoms with van der Waals surface area (Å²) in [5.41, 5.74) is 1.50. The van der Waals surface area contributed by atoms with Gasteiger partial charge in [-0.05, 0) is 28.7 Å². The maximum absolute atomic E-state index is 3.47. The number of rotatable bonds is 4. The molecule has 0 unspecified atom stereocenters. The molecule has 2 nitrogen and oxygen atoms in total. The Kier molecular flexibility index (Phi) is 8.35. The fourth-order valence-corrected chi connectivity index (χ4v) is 3.45. The molecule has 1 fully saturated rings. The predicted molar refractivity (Wildman–Crippen MR) is 105 cm³/mol. The van der Waals surface area contributed by atoms with Gasteiger partial charge >= 0.3 is 0 Å². The Bertz CT molecular complexity index is 589. The smallest absolute Gasteiger partial charge is 0.0357 e. The van der Waals surface area contributed by atoms with Crippen LogP contribution < -0.4 is 5.32 Å². The molecule has 1 N–H and O–H groups in total. The molecule has 0 radical (unpaired) electrons. The maximum atomic E-state index is 3.47. The molecule has 2 aromatic carbocycles. The van der Waals surface area contributed by atoms with Crippen LogP contribution in [0.4, 0.5) is 0 Å². The van der Waals surface area contributed by atoms with Crippen molar-refractivity contribution in [1.29, 1.82) is 0 Å². The molecule has 3 rings (SSSR count). The molecule has 0 aliphatic carbocycles. The van der Waals surface area contributed by atoms with Gasteiger partial charge < -0.3 is 5.32 Å². The lowest BCUT2D eigenvalue weighted by Gasteiger charge is -2.36. The van der Waals surface area contributed by atoms with Gasteiger partial charge in [0.05, 0.1) is 0 Å². The third kappa shape index (κ3) is 4.84. The SMILES string of the molecule is CC(C)C[C@@H](c1cccc2ccccc12)N1CCNCC1.Cl.Cl. The summed E-state index contributed by atoms with van der Waals surface area (Å²) in [5, 5.41) is 6.25. The third-order valence-corrected chi connectivity index (χ3v) is 4.47. The minimum Gasteiger partial charge on any atom is -0.314 e. The van der Waals surface area contributed by atoms with Crippen LogP contribution in [-0.4, -0.2) is 31.1 Å². The molecular weight excluding hydrogens is 327 g/mol. The molecule has 0 amide bonds. The number of nitrogens with zero attached hydrogens (tertiary/aromatic N) is 1. The van der Waals surface area contributed by atoms with Crippen LogP contribution in [0.15, 0.2) is 42.5 Å².